The quantitative estimate of drug-likeness (QED) is 0.863. The maximum absolute atomic E-state index is 12.3. The minimum absolute atomic E-state index is 0.0198. The fourth-order valence-electron chi connectivity index (χ4n) is 2.34. The number of rotatable bonds is 5. The number of aliphatic imine (C=N–C) groups is 1. The lowest BCUT2D eigenvalue weighted by Gasteiger charge is -2.25. The average Bonchev–Trinajstić information content (AvgIpc) is 2.75. The largest absolute Gasteiger partial charge is 0.341 e. The lowest BCUT2D eigenvalue weighted by molar-refractivity contribution is -0.124. The minimum Gasteiger partial charge on any atom is -0.341 e. The van der Waals surface area contributed by atoms with Gasteiger partial charge in [0.15, 0.2) is 5.96 Å². The highest BCUT2D eigenvalue weighted by atomic mass is 16.2. The highest BCUT2D eigenvalue weighted by molar-refractivity contribution is 6.09. The van der Waals surface area contributed by atoms with Crippen LogP contribution in [-0.2, 0) is 11.2 Å². The highest BCUT2D eigenvalue weighted by Gasteiger charge is 2.43. The van der Waals surface area contributed by atoms with Gasteiger partial charge in [-0.05, 0) is 17.9 Å². The molecule has 1 atom stereocenters. The second-order valence-corrected chi connectivity index (χ2v) is 5.76. The SMILES string of the molecule is CCC1(Cc2ccccc2)NC(=NCC(C)C)NC1=O. The van der Waals surface area contributed by atoms with Crippen molar-refractivity contribution in [2.75, 3.05) is 6.54 Å². The van der Waals surface area contributed by atoms with Crippen molar-refractivity contribution in [1.29, 1.82) is 0 Å². The summed E-state index contributed by atoms with van der Waals surface area (Å²) >= 11 is 0. The van der Waals surface area contributed by atoms with Gasteiger partial charge in [-0.1, -0.05) is 51.1 Å². The van der Waals surface area contributed by atoms with Crippen molar-refractivity contribution in [3.05, 3.63) is 35.9 Å². The molecule has 1 saturated heterocycles. The first-order valence-electron chi connectivity index (χ1n) is 7.24. The molecule has 1 aliphatic rings. The molecule has 108 valence electrons. The van der Waals surface area contributed by atoms with Crippen molar-refractivity contribution in [2.45, 2.75) is 39.2 Å². The number of nitrogens with zero attached hydrogens (tertiary/aromatic N) is 1. The van der Waals surface area contributed by atoms with E-state index >= 15 is 0 Å². The number of hydrogen-bond acceptors (Lipinski definition) is 2. The number of carbonyl (C=O) groups is 1. The van der Waals surface area contributed by atoms with Crippen LogP contribution in [0.5, 0.6) is 0 Å². The Balaban J connectivity index is 2.15. The van der Waals surface area contributed by atoms with Gasteiger partial charge in [0.05, 0.1) is 0 Å². The zero-order chi connectivity index (χ0) is 14.6. The van der Waals surface area contributed by atoms with E-state index in [1.54, 1.807) is 0 Å². The van der Waals surface area contributed by atoms with Crippen molar-refractivity contribution >= 4 is 11.9 Å². The van der Waals surface area contributed by atoms with E-state index in [-0.39, 0.29) is 5.91 Å². The predicted molar refractivity (Wildman–Crippen MR) is 81.6 cm³/mol. The number of guanidine groups is 1. The normalized spacial score (nSPS) is 24.0. The Labute approximate surface area is 120 Å². The number of amides is 1. The summed E-state index contributed by atoms with van der Waals surface area (Å²) in [6, 6.07) is 10.1. The molecule has 20 heavy (non-hydrogen) atoms. The van der Waals surface area contributed by atoms with Gasteiger partial charge in [0.25, 0.3) is 5.91 Å². The van der Waals surface area contributed by atoms with Gasteiger partial charge >= 0.3 is 0 Å². The van der Waals surface area contributed by atoms with Crippen LogP contribution < -0.4 is 10.6 Å². The van der Waals surface area contributed by atoms with Gasteiger partial charge in [-0.25, -0.2) is 0 Å². The zero-order valence-electron chi connectivity index (χ0n) is 12.4. The Morgan fingerprint density at radius 3 is 2.55 bits per heavy atom. The second-order valence-electron chi connectivity index (χ2n) is 5.76. The summed E-state index contributed by atoms with van der Waals surface area (Å²) in [7, 11) is 0. The van der Waals surface area contributed by atoms with Crippen LogP contribution in [0.25, 0.3) is 0 Å². The lowest BCUT2D eigenvalue weighted by Crippen LogP contribution is -2.48. The van der Waals surface area contributed by atoms with Crippen LogP contribution in [0.4, 0.5) is 0 Å². The molecule has 1 aliphatic heterocycles. The standard InChI is InChI=1S/C16H23N3O/c1-4-16(10-13-8-6-5-7-9-13)14(20)18-15(19-16)17-11-12(2)3/h5-9,12H,4,10-11H2,1-3H3,(H2,17,18,19,20). The van der Waals surface area contributed by atoms with Crippen LogP contribution in [-0.4, -0.2) is 24.0 Å². The minimum atomic E-state index is -0.572. The van der Waals surface area contributed by atoms with Gasteiger partial charge in [0.2, 0.25) is 0 Å². The molecule has 1 amide bonds. The Hall–Kier alpha value is -1.84. The van der Waals surface area contributed by atoms with E-state index in [4.69, 9.17) is 0 Å². The molecule has 0 bridgehead atoms. The molecule has 0 aliphatic carbocycles. The number of carbonyl (C=O) groups excluding carboxylic acids is 1. The van der Waals surface area contributed by atoms with Crippen LogP contribution in [0, 0.1) is 5.92 Å². The third-order valence-electron chi connectivity index (χ3n) is 3.59. The number of benzene rings is 1. The fraction of sp³-hybridized carbons (Fsp3) is 0.500. The zero-order valence-corrected chi connectivity index (χ0v) is 12.4. The second kappa shape index (κ2) is 6.07. The fourth-order valence-corrected chi connectivity index (χ4v) is 2.34. The molecule has 1 heterocycles. The van der Waals surface area contributed by atoms with Gasteiger partial charge < -0.3 is 5.32 Å². The summed E-state index contributed by atoms with van der Waals surface area (Å²) in [5.41, 5.74) is 0.582. The van der Waals surface area contributed by atoms with Gasteiger partial charge in [-0.3, -0.25) is 15.1 Å². The molecule has 1 aromatic rings. The highest BCUT2D eigenvalue weighted by Crippen LogP contribution is 2.21. The van der Waals surface area contributed by atoms with Crippen LogP contribution >= 0.6 is 0 Å². The molecule has 2 N–H and O–H groups in total. The molecule has 4 heteroatoms. The summed E-state index contributed by atoms with van der Waals surface area (Å²) in [6.45, 7) is 6.96. The topological polar surface area (TPSA) is 53.5 Å². The molecule has 2 rings (SSSR count). The molecule has 0 saturated carbocycles. The predicted octanol–water partition coefficient (Wildman–Crippen LogP) is 2.11. The van der Waals surface area contributed by atoms with E-state index in [0.29, 0.717) is 24.8 Å². The Kier molecular flexibility index (Phi) is 4.42. The summed E-state index contributed by atoms with van der Waals surface area (Å²) in [6.07, 6.45) is 1.41. The molecule has 0 aromatic heterocycles. The summed E-state index contributed by atoms with van der Waals surface area (Å²) in [4.78, 5) is 16.8. The molecule has 1 aromatic carbocycles. The van der Waals surface area contributed by atoms with Crippen molar-refractivity contribution in [1.82, 2.24) is 10.6 Å². The smallest absolute Gasteiger partial charge is 0.252 e. The molecular weight excluding hydrogens is 250 g/mol. The summed E-state index contributed by atoms with van der Waals surface area (Å²) in [5, 5.41) is 6.17. The van der Waals surface area contributed by atoms with Gasteiger partial charge in [0, 0.05) is 13.0 Å². The Morgan fingerprint density at radius 2 is 1.95 bits per heavy atom. The van der Waals surface area contributed by atoms with Crippen molar-refractivity contribution < 1.29 is 4.79 Å². The first kappa shape index (κ1) is 14.6. The maximum atomic E-state index is 12.3. The van der Waals surface area contributed by atoms with E-state index in [2.05, 4.69) is 41.6 Å². The van der Waals surface area contributed by atoms with Crippen LogP contribution in [0.15, 0.2) is 35.3 Å². The molecule has 1 fully saturated rings. The van der Waals surface area contributed by atoms with Gasteiger partial charge in [-0.15, -0.1) is 0 Å². The van der Waals surface area contributed by atoms with E-state index < -0.39 is 5.54 Å². The van der Waals surface area contributed by atoms with E-state index in [1.807, 2.05) is 25.1 Å². The molecule has 0 spiro atoms. The lowest BCUT2D eigenvalue weighted by atomic mass is 9.88. The Bertz CT molecular complexity index is 496. The third kappa shape index (κ3) is 3.18. The van der Waals surface area contributed by atoms with Gasteiger partial charge in [-0.2, -0.15) is 0 Å². The van der Waals surface area contributed by atoms with Crippen molar-refractivity contribution in [3.8, 4) is 0 Å². The average molecular weight is 273 g/mol. The van der Waals surface area contributed by atoms with Crippen LogP contribution in [0.2, 0.25) is 0 Å². The molecular formula is C16H23N3O. The third-order valence-corrected chi connectivity index (χ3v) is 3.59. The number of hydrogen-bond donors (Lipinski definition) is 2. The van der Waals surface area contributed by atoms with E-state index in [1.165, 1.54) is 0 Å². The monoisotopic (exact) mass is 273 g/mol. The summed E-state index contributed by atoms with van der Waals surface area (Å²) < 4.78 is 0. The van der Waals surface area contributed by atoms with Crippen molar-refractivity contribution in [2.24, 2.45) is 10.9 Å². The van der Waals surface area contributed by atoms with E-state index in [9.17, 15) is 4.79 Å². The van der Waals surface area contributed by atoms with E-state index in [0.717, 1.165) is 12.0 Å². The Morgan fingerprint density at radius 1 is 1.25 bits per heavy atom. The van der Waals surface area contributed by atoms with Crippen LogP contribution in [0.3, 0.4) is 0 Å². The molecule has 1 unspecified atom stereocenters. The maximum Gasteiger partial charge on any atom is 0.252 e. The summed E-state index contributed by atoms with van der Waals surface area (Å²) in [5.74, 6) is 1.11. The molecule has 0 radical (unpaired) electrons. The van der Waals surface area contributed by atoms with Crippen molar-refractivity contribution in [3.63, 3.8) is 0 Å². The molecule has 4 nitrogen and oxygen atoms in total. The first-order valence-corrected chi connectivity index (χ1v) is 7.24. The number of nitrogens with one attached hydrogen (secondary N) is 2. The van der Waals surface area contributed by atoms with Gasteiger partial charge in [0.1, 0.15) is 5.54 Å². The first-order chi connectivity index (χ1) is 9.55. The van der Waals surface area contributed by atoms with Crippen LogP contribution in [0.1, 0.15) is 32.8 Å².